The van der Waals surface area contributed by atoms with Crippen molar-refractivity contribution >= 4 is 11.7 Å². The molecule has 4 heteroatoms. The highest BCUT2D eigenvalue weighted by Gasteiger charge is 2.12. The van der Waals surface area contributed by atoms with Gasteiger partial charge in [0.2, 0.25) is 5.91 Å². The van der Waals surface area contributed by atoms with E-state index in [1.165, 1.54) is 0 Å². The van der Waals surface area contributed by atoms with Crippen molar-refractivity contribution in [2.45, 2.75) is 26.7 Å². The summed E-state index contributed by atoms with van der Waals surface area (Å²) in [6.07, 6.45) is 1.65. The van der Waals surface area contributed by atoms with Gasteiger partial charge >= 0.3 is 0 Å². The maximum Gasteiger partial charge on any atom is 0.223 e. The van der Waals surface area contributed by atoms with Crippen LogP contribution in [0.5, 0.6) is 0 Å². The molecule has 1 rings (SSSR count). The minimum atomic E-state index is -0.0419. The second kappa shape index (κ2) is 6.79. The Bertz CT molecular complexity index is 412. The molecule has 0 spiro atoms. The van der Waals surface area contributed by atoms with E-state index in [0.717, 1.165) is 18.5 Å². The number of nitrogens with two attached hydrogens (primary N) is 1. The predicted octanol–water partition coefficient (Wildman–Crippen LogP) is 1.68. The van der Waals surface area contributed by atoms with E-state index in [1.807, 2.05) is 38.1 Å². The zero-order valence-electron chi connectivity index (χ0n) is 11.0. The summed E-state index contributed by atoms with van der Waals surface area (Å²) in [7, 11) is 0. The summed E-state index contributed by atoms with van der Waals surface area (Å²) in [5.74, 6) is 0.113. The van der Waals surface area contributed by atoms with E-state index in [4.69, 9.17) is 11.1 Å². The minimum Gasteiger partial charge on any atom is -0.384 e. The van der Waals surface area contributed by atoms with Crippen molar-refractivity contribution in [1.82, 2.24) is 5.32 Å². The number of benzene rings is 1. The Morgan fingerprint density at radius 2 is 2.00 bits per heavy atom. The highest BCUT2D eigenvalue weighted by atomic mass is 16.1. The van der Waals surface area contributed by atoms with Crippen LogP contribution in [0.1, 0.15) is 31.4 Å². The Morgan fingerprint density at radius 3 is 2.50 bits per heavy atom. The Labute approximate surface area is 108 Å². The van der Waals surface area contributed by atoms with Crippen LogP contribution >= 0.6 is 0 Å². The van der Waals surface area contributed by atoms with Crippen LogP contribution in [0.25, 0.3) is 0 Å². The third kappa shape index (κ3) is 4.20. The van der Waals surface area contributed by atoms with Crippen LogP contribution in [-0.4, -0.2) is 18.3 Å². The van der Waals surface area contributed by atoms with Gasteiger partial charge in [-0.1, -0.05) is 38.1 Å². The van der Waals surface area contributed by atoms with Crippen LogP contribution in [0.4, 0.5) is 0 Å². The minimum absolute atomic E-state index is 0.0419. The number of nitrogen functional groups attached to an aromatic ring is 1. The summed E-state index contributed by atoms with van der Waals surface area (Å²) >= 11 is 0. The Kier molecular flexibility index (Phi) is 5.36. The molecule has 1 amide bonds. The lowest BCUT2D eigenvalue weighted by Gasteiger charge is -2.12. The second-order valence-electron chi connectivity index (χ2n) is 4.51. The van der Waals surface area contributed by atoms with E-state index >= 15 is 0 Å². The number of rotatable bonds is 6. The van der Waals surface area contributed by atoms with E-state index in [-0.39, 0.29) is 17.7 Å². The summed E-state index contributed by atoms with van der Waals surface area (Å²) in [4.78, 5) is 11.7. The topological polar surface area (TPSA) is 79.0 Å². The van der Waals surface area contributed by atoms with Crippen LogP contribution in [0, 0.1) is 11.3 Å². The Morgan fingerprint density at radius 1 is 1.39 bits per heavy atom. The Hall–Kier alpha value is -1.84. The summed E-state index contributed by atoms with van der Waals surface area (Å²) < 4.78 is 0. The molecule has 1 aromatic rings. The third-order valence-electron chi connectivity index (χ3n) is 2.80. The van der Waals surface area contributed by atoms with Gasteiger partial charge in [-0.2, -0.15) is 0 Å². The van der Waals surface area contributed by atoms with Gasteiger partial charge in [0.25, 0.3) is 0 Å². The second-order valence-corrected chi connectivity index (χ2v) is 4.51. The molecule has 0 saturated carbocycles. The quantitative estimate of drug-likeness (QED) is 0.528. The highest BCUT2D eigenvalue weighted by molar-refractivity contribution is 5.94. The standard InChI is InChI=1S/C14H21N3O/c1-3-8-17-14(18)10(2)9-11-4-6-12(7-5-11)13(15)16/h4-7,10H,3,8-9H2,1-2H3,(H3,15,16)(H,17,18). The molecule has 18 heavy (non-hydrogen) atoms. The Balaban J connectivity index is 2.56. The lowest BCUT2D eigenvalue weighted by atomic mass is 9.99. The summed E-state index contributed by atoms with van der Waals surface area (Å²) in [6, 6.07) is 7.46. The van der Waals surface area contributed by atoms with Crippen LogP contribution in [0.2, 0.25) is 0 Å². The fourth-order valence-electron chi connectivity index (χ4n) is 1.69. The first kappa shape index (κ1) is 14.2. The van der Waals surface area contributed by atoms with Gasteiger partial charge in [0.1, 0.15) is 5.84 Å². The van der Waals surface area contributed by atoms with Gasteiger partial charge in [-0.05, 0) is 18.4 Å². The maximum absolute atomic E-state index is 11.7. The zero-order chi connectivity index (χ0) is 13.5. The number of carbonyl (C=O) groups is 1. The van der Waals surface area contributed by atoms with Gasteiger partial charge in [0.05, 0.1) is 0 Å². The molecule has 0 aliphatic heterocycles. The van der Waals surface area contributed by atoms with E-state index in [0.29, 0.717) is 12.0 Å². The monoisotopic (exact) mass is 247 g/mol. The molecule has 0 aromatic heterocycles. The SMILES string of the molecule is CCCNC(=O)C(C)Cc1ccc(C(=N)N)cc1. The number of hydrogen-bond acceptors (Lipinski definition) is 2. The van der Waals surface area contributed by atoms with Gasteiger partial charge in [-0.15, -0.1) is 0 Å². The first-order valence-corrected chi connectivity index (χ1v) is 6.25. The van der Waals surface area contributed by atoms with E-state index in [1.54, 1.807) is 0 Å². The van der Waals surface area contributed by atoms with Crippen molar-refractivity contribution < 1.29 is 4.79 Å². The lowest BCUT2D eigenvalue weighted by molar-refractivity contribution is -0.124. The van der Waals surface area contributed by atoms with Gasteiger partial charge in [-0.3, -0.25) is 10.2 Å². The van der Waals surface area contributed by atoms with Gasteiger partial charge < -0.3 is 11.1 Å². The molecule has 4 N–H and O–H groups in total. The van der Waals surface area contributed by atoms with E-state index in [9.17, 15) is 4.79 Å². The van der Waals surface area contributed by atoms with Crippen LogP contribution in [0.15, 0.2) is 24.3 Å². The average Bonchev–Trinajstić information content (AvgIpc) is 2.36. The molecule has 4 nitrogen and oxygen atoms in total. The molecule has 0 aliphatic rings. The fraction of sp³-hybridized carbons (Fsp3) is 0.429. The number of amides is 1. The molecular formula is C14H21N3O. The molecule has 98 valence electrons. The largest absolute Gasteiger partial charge is 0.384 e. The maximum atomic E-state index is 11.7. The third-order valence-corrected chi connectivity index (χ3v) is 2.80. The normalized spacial score (nSPS) is 11.9. The van der Waals surface area contributed by atoms with Crippen molar-refractivity contribution in [3.63, 3.8) is 0 Å². The van der Waals surface area contributed by atoms with Gasteiger partial charge in [0.15, 0.2) is 0 Å². The highest BCUT2D eigenvalue weighted by Crippen LogP contribution is 2.10. The first-order valence-electron chi connectivity index (χ1n) is 6.25. The molecule has 0 bridgehead atoms. The number of amidine groups is 1. The number of hydrogen-bond donors (Lipinski definition) is 3. The van der Waals surface area contributed by atoms with Crippen molar-refractivity contribution in [2.24, 2.45) is 11.7 Å². The summed E-state index contributed by atoms with van der Waals surface area (Å²) in [5, 5.41) is 10.2. The first-order chi connectivity index (χ1) is 8.54. The van der Waals surface area contributed by atoms with Crippen LogP contribution in [0.3, 0.4) is 0 Å². The number of nitrogens with one attached hydrogen (secondary N) is 2. The van der Waals surface area contributed by atoms with E-state index in [2.05, 4.69) is 5.32 Å². The summed E-state index contributed by atoms with van der Waals surface area (Å²) in [6.45, 7) is 4.68. The zero-order valence-corrected chi connectivity index (χ0v) is 11.0. The van der Waals surface area contributed by atoms with Gasteiger partial charge in [-0.25, -0.2) is 0 Å². The molecule has 0 aliphatic carbocycles. The van der Waals surface area contributed by atoms with Crippen LogP contribution in [-0.2, 0) is 11.2 Å². The fourth-order valence-corrected chi connectivity index (χ4v) is 1.69. The molecule has 1 unspecified atom stereocenters. The van der Waals surface area contributed by atoms with Crippen LogP contribution < -0.4 is 11.1 Å². The molecule has 1 atom stereocenters. The van der Waals surface area contributed by atoms with E-state index < -0.39 is 0 Å². The molecule has 1 aromatic carbocycles. The predicted molar refractivity (Wildman–Crippen MR) is 73.6 cm³/mol. The molecule has 0 radical (unpaired) electrons. The summed E-state index contributed by atoms with van der Waals surface area (Å²) in [5.41, 5.74) is 7.18. The molecule has 0 fully saturated rings. The van der Waals surface area contributed by atoms with Crippen molar-refractivity contribution in [3.8, 4) is 0 Å². The number of carbonyl (C=O) groups excluding carboxylic acids is 1. The smallest absolute Gasteiger partial charge is 0.223 e. The van der Waals surface area contributed by atoms with Crippen molar-refractivity contribution in [3.05, 3.63) is 35.4 Å². The molecular weight excluding hydrogens is 226 g/mol. The van der Waals surface area contributed by atoms with Crippen molar-refractivity contribution in [1.29, 1.82) is 5.41 Å². The molecule has 0 heterocycles. The van der Waals surface area contributed by atoms with Crippen molar-refractivity contribution in [2.75, 3.05) is 6.54 Å². The molecule has 0 saturated heterocycles. The lowest BCUT2D eigenvalue weighted by Crippen LogP contribution is -2.30. The van der Waals surface area contributed by atoms with Gasteiger partial charge in [0, 0.05) is 18.0 Å². The average molecular weight is 247 g/mol.